The minimum atomic E-state index is -0.442. The smallest absolute Gasteiger partial charge is 0.297 e. The number of ether oxygens (including phenoxy) is 1. The molecule has 3 aromatic rings. The molecule has 1 N–H and O–H groups in total. The van der Waals surface area contributed by atoms with E-state index in [0.29, 0.717) is 29.8 Å². The summed E-state index contributed by atoms with van der Waals surface area (Å²) >= 11 is 0. The van der Waals surface area contributed by atoms with Crippen molar-refractivity contribution in [3.8, 4) is 5.75 Å². The van der Waals surface area contributed by atoms with Crippen LogP contribution in [0.4, 0.5) is 0 Å². The Balaban J connectivity index is 1.66. The molecule has 0 bridgehead atoms. The van der Waals surface area contributed by atoms with Crippen LogP contribution in [-0.2, 0) is 17.8 Å². The maximum absolute atomic E-state index is 12.4. The van der Waals surface area contributed by atoms with Crippen molar-refractivity contribution in [2.75, 3.05) is 13.7 Å². The summed E-state index contributed by atoms with van der Waals surface area (Å²) in [6.07, 6.45) is 0.624. The van der Waals surface area contributed by atoms with Gasteiger partial charge in [-0.1, -0.05) is 23.4 Å². The van der Waals surface area contributed by atoms with Gasteiger partial charge in [-0.2, -0.15) is 5.10 Å². The Hall–Kier alpha value is -3.16. The molecule has 0 aliphatic carbocycles. The standard InChI is InChI=1S/C18H20N4O4/c1-11-16-12(2)26-21-17(16)18(24)22(20-11)10-15(23)19-9-8-13-6-4-5-7-14(13)25-3/h4-7H,8-10H2,1-3H3,(H,19,23). The number of nitrogens with zero attached hydrogens (tertiary/aromatic N) is 3. The van der Waals surface area contributed by atoms with E-state index in [4.69, 9.17) is 9.26 Å². The minimum Gasteiger partial charge on any atom is -0.496 e. The van der Waals surface area contributed by atoms with Crippen LogP contribution < -0.4 is 15.6 Å². The molecular formula is C18H20N4O4. The second kappa shape index (κ2) is 7.38. The molecule has 0 saturated carbocycles. The molecule has 0 aliphatic heterocycles. The molecule has 0 aliphatic rings. The van der Waals surface area contributed by atoms with Crippen LogP contribution in [0.2, 0.25) is 0 Å². The molecule has 1 amide bonds. The topological polar surface area (TPSA) is 99.2 Å². The number of carbonyl (C=O) groups is 1. The average molecular weight is 356 g/mol. The summed E-state index contributed by atoms with van der Waals surface area (Å²) in [4.78, 5) is 24.6. The number of para-hydroxylation sites is 1. The van der Waals surface area contributed by atoms with Gasteiger partial charge in [0.25, 0.3) is 5.56 Å². The first-order chi connectivity index (χ1) is 12.5. The van der Waals surface area contributed by atoms with Gasteiger partial charge in [0.2, 0.25) is 5.91 Å². The largest absolute Gasteiger partial charge is 0.496 e. The van der Waals surface area contributed by atoms with E-state index in [0.717, 1.165) is 16.0 Å². The number of nitrogens with one attached hydrogen (secondary N) is 1. The van der Waals surface area contributed by atoms with Crippen molar-refractivity contribution in [1.82, 2.24) is 20.3 Å². The molecule has 2 heterocycles. The van der Waals surface area contributed by atoms with Crippen LogP contribution in [0.3, 0.4) is 0 Å². The van der Waals surface area contributed by atoms with Crippen molar-refractivity contribution in [3.63, 3.8) is 0 Å². The highest BCUT2D eigenvalue weighted by Gasteiger charge is 2.16. The summed E-state index contributed by atoms with van der Waals surface area (Å²) < 4.78 is 11.5. The van der Waals surface area contributed by atoms with Gasteiger partial charge in [0.1, 0.15) is 18.1 Å². The van der Waals surface area contributed by atoms with Gasteiger partial charge in [0.05, 0.1) is 18.2 Å². The van der Waals surface area contributed by atoms with Gasteiger partial charge in [0, 0.05) is 6.54 Å². The van der Waals surface area contributed by atoms with Gasteiger partial charge in [-0.05, 0) is 31.9 Å². The van der Waals surface area contributed by atoms with Crippen LogP contribution in [0.25, 0.3) is 10.9 Å². The summed E-state index contributed by atoms with van der Waals surface area (Å²) in [7, 11) is 1.61. The second-order valence-corrected chi connectivity index (χ2v) is 5.92. The fraction of sp³-hybridized carbons (Fsp3) is 0.333. The summed E-state index contributed by atoms with van der Waals surface area (Å²) in [6.45, 7) is 3.73. The molecule has 2 aromatic heterocycles. The fourth-order valence-corrected chi connectivity index (χ4v) is 2.89. The third-order valence-corrected chi connectivity index (χ3v) is 4.13. The van der Waals surface area contributed by atoms with E-state index in [9.17, 15) is 9.59 Å². The number of carbonyl (C=O) groups excluding carboxylic acids is 1. The Morgan fingerprint density at radius 3 is 2.85 bits per heavy atom. The zero-order chi connectivity index (χ0) is 18.7. The third kappa shape index (κ3) is 3.44. The van der Waals surface area contributed by atoms with Gasteiger partial charge in [-0.25, -0.2) is 4.68 Å². The lowest BCUT2D eigenvalue weighted by molar-refractivity contribution is -0.121. The van der Waals surface area contributed by atoms with Gasteiger partial charge in [-0.15, -0.1) is 0 Å². The van der Waals surface area contributed by atoms with Gasteiger partial charge < -0.3 is 14.6 Å². The van der Waals surface area contributed by atoms with Crippen LogP contribution in [0.5, 0.6) is 5.75 Å². The number of methoxy groups -OCH3 is 1. The first-order valence-corrected chi connectivity index (χ1v) is 8.23. The van der Waals surface area contributed by atoms with E-state index in [1.807, 2.05) is 24.3 Å². The van der Waals surface area contributed by atoms with Crippen LogP contribution in [-0.4, -0.2) is 34.5 Å². The quantitative estimate of drug-likeness (QED) is 0.716. The normalized spacial score (nSPS) is 10.9. The van der Waals surface area contributed by atoms with Crippen LogP contribution in [0.15, 0.2) is 33.6 Å². The van der Waals surface area contributed by atoms with Crippen molar-refractivity contribution in [1.29, 1.82) is 0 Å². The Labute approximate surface area is 149 Å². The molecule has 0 fully saturated rings. The maximum atomic E-state index is 12.4. The minimum absolute atomic E-state index is 0.173. The number of aryl methyl sites for hydroxylation is 2. The lowest BCUT2D eigenvalue weighted by Crippen LogP contribution is -2.35. The first kappa shape index (κ1) is 17.7. The highest BCUT2D eigenvalue weighted by molar-refractivity contribution is 5.82. The highest BCUT2D eigenvalue weighted by Crippen LogP contribution is 2.17. The molecule has 0 radical (unpaired) electrons. The second-order valence-electron chi connectivity index (χ2n) is 5.92. The van der Waals surface area contributed by atoms with Gasteiger partial charge in [-0.3, -0.25) is 9.59 Å². The Bertz CT molecular complexity index is 1010. The van der Waals surface area contributed by atoms with E-state index in [2.05, 4.69) is 15.6 Å². The predicted molar refractivity (Wildman–Crippen MR) is 95.2 cm³/mol. The molecule has 8 nitrogen and oxygen atoms in total. The van der Waals surface area contributed by atoms with Crippen molar-refractivity contribution in [3.05, 3.63) is 51.6 Å². The van der Waals surface area contributed by atoms with Crippen molar-refractivity contribution in [2.45, 2.75) is 26.8 Å². The summed E-state index contributed by atoms with van der Waals surface area (Å²) in [5, 5.41) is 11.4. The number of benzene rings is 1. The molecule has 8 heteroatoms. The Kier molecular flexibility index (Phi) is 5.01. The monoisotopic (exact) mass is 356 g/mol. The molecule has 1 aromatic carbocycles. The SMILES string of the molecule is COc1ccccc1CCNC(=O)Cn1nc(C)c2c(C)onc2c1=O. The van der Waals surface area contributed by atoms with Crippen LogP contribution in [0.1, 0.15) is 17.0 Å². The molecule has 0 unspecified atom stereocenters. The number of aromatic nitrogens is 3. The predicted octanol–water partition coefficient (Wildman–Crippen LogP) is 1.37. The lowest BCUT2D eigenvalue weighted by atomic mass is 10.1. The molecule has 26 heavy (non-hydrogen) atoms. The number of hydrogen-bond acceptors (Lipinski definition) is 6. The molecular weight excluding hydrogens is 336 g/mol. The molecule has 136 valence electrons. The fourth-order valence-electron chi connectivity index (χ4n) is 2.89. The number of amides is 1. The van der Waals surface area contributed by atoms with E-state index < -0.39 is 5.56 Å². The zero-order valence-corrected chi connectivity index (χ0v) is 14.9. The Morgan fingerprint density at radius 1 is 1.31 bits per heavy atom. The van der Waals surface area contributed by atoms with Crippen molar-refractivity contribution < 1.29 is 14.1 Å². The summed E-state index contributed by atoms with van der Waals surface area (Å²) in [5.74, 6) is 1.02. The Morgan fingerprint density at radius 2 is 2.08 bits per heavy atom. The molecule has 0 spiro atoms. The highest BCUT2D eigenvalue weighted by atomic mass is 16.5. The third-order valence-electron chi connectivity index (χ3n) is 4.13. The van der Waals surface area contributed by atoms with Crippen molar-refractivity contribution >= 4 is 16.8 Å². The summed E-state index contributed by atoms with van der Waals surface area (Å²) in [5.41, 5.74) is 1.35. The summed E-state index contributed by atoms with van der Waals surface area (Å²) in [6, 6.07) is 7.63. The lowest BCUT2D eigenvalue weighted by Gasteiger charge is -2.10. The van der Waals surface area contributed by atoms with Gasteiger partial charge >= 0.3 is 0 Å². The van der Waals surface area contributed by atoms with E-state index >= 15 is 0 Å². The van der Waals surface area contributed by atoms with E-state index in [-0.39, 0.29) is 18.0 Å². The van der Waals surface area contributed by atoms with Crippen LogP contribution >= 0.6 is 0 Å². The van der Waals surface area contributed by atoms with E-state index in [1.54, 1.807) is 21.0 Å². The van der Waals surface area contributed by atoms with Crippen molar-refractivity contribution in [2.24, 2.45) is 0 Å². The van der Waals surface area contributed by atoms with Crippen LogP contribution in [0, 0.1) is 13.8 Å². The molecule has 3 rings (SSSR count). The molecule has 0 saturated heterocycles. The van der Waals surface area contributed by atoms with Gasteiger partial charge in [0.15, 0.2) is 5.52 Å². The number of rotatable bonds is 6. The van der Waals surface area contributed by atoms with E-state index in [1.165, 1.54) is 0 Å². The average Bonchev–Trinajstić information content (AvgIpc) is 3.02. The zero-order valence-electron chi connectivity index (χ0n) is 14.9. The maximum Gasteiger partial charge on any atom is 0.297 e. The first-order valence-electron chi connectivity index (χ1n) is 8.23. The number of hydrogen-bond donors (Lipinski definition) is 1. The molecule has 0 atom stereocenters. The number of fused-ring (bicyclic) bond motifs is 1.